The van der Waals surface area contributed by atoms with E-state index in [1.165, 1.54) is 6.92 Å². The maximum Gasteiger partial charge on any atom is 0.303 e. The van der Waals surface area contributed by atoms with Gasteiger partial charge in [0.15, 0.2) is 30.9 Å². The van der Waals surface area contributed by atoms with Gasteiger partial charge in [-0.05, 0) is 0 Å². The van der Waals surface area contributed by atoms with Crippen LogP contribution in [-0.4, -0.2) is 96.5 Å². The Morgan fingerprint density at radius 2 is 1.23 bits per heavy atom. The molecule has 13 heteroatoms. The molecule has 2 fully saturated rings. The normalized spacial score (nSPS) is 34.8. The monoisotopic (exact) mass is 450 g/mol. The van der Waals surface area contributed by atoms with Crippen molar-refractivity contribution in [3.05, 3.63) is 0 Å². The Balaban J connectivity index is 2.05. The molecule has 0 aromatic carbocycles. The van der Waals surface area contributed by atoms with E-state index in [4.69, 9.17) is 33.2 Å². The lowest BCUT2D eigenvalue weighted by Gasteiger charge is -2.23. The Bertz CT molecular complexity index is 679. The first-order valence-corrected chi connectivity index (χ1v) is 9.43. The predicted molar refractivity (Wildman–Crippen MR) is 94.8 cm³/mol. The number of esters is 4. The third-order valence-corrected chi connectivity index (χ3v) is 4.36. The van der Waals surface area contributed by atoms with E-state index in [-0.39, 0.29) is 13.2 Å². The van der Waals surface area contributed by atoms with Gasteiger partial charge >= 0.3 is 23.9 Å². The Kier molecular flexibility index (Phi) is 8.70. The van der Waals surface area contributed by atoms with Gasteiger partial charge in [-0.3, -0.25) is 19.2 Å². The van der Waals surface area contributed by atoms with E-state index < -0.39 is 73.1 Å². The number of carbonyl (C=O) groups is 4. The molecule has 0 amide bonds. The molecule has 0 aromatic heterocycles. The summed E-state index contributed by atoms with van der Waals surface area (Å²) in [5, 5.41) is 20.4. The minimum atomic E-state index is -1.58. The predicted octanol–water partition coefficient (Wildman–Crippen LogP) is -1.84. The molecule has 2 rings (SSSR count). The molecule has 8 atom stereocenters. The molecule has 0 spiro atoms. The van der Waals surface area contributed by atoms with Crippen LogP contribution in [-0.2, 0) is 52.3 Å². The van der Waals surface area contributed by atoms with Gasteiger partial charge in [0.05, 0.1) is 6.61 Å². The van der Waals surface area contributed by atoms with Crippen LogP contribution in [0.4, 0.5) is 0 Å². The quantitative estimate of drug-likeness (QED) is 0.312. The van der Waals surface area contributed by atoms with E-state index in [0.717, 1.165) is 20.8 Å². The van der Waals surface area contributed by atoms with Crippen LogP contribution in [0.25, 0.3) is 0 Å². The molecule has 0 radical (unpaired) electrons. The molecule has 0 unspecified atom stereocenters. The highest BCUT2D eigenvalue weighted by molar-refractivity contribution is 5.68. The van der Waals surface area contributed by atoms with Gasteiger partial charge in [0.2, 0.25) is 0 Å². The minimum Gasteiger partial charge on any atom is -0.463 e. The second kappa shape index (κ2) is 10.8. The highest BCUT2D eigenvalue weighted by Crippen LogP contribution is 2.29. The van der Waals surface area contributed by atoms with Crippen molar-refractivity contribution >= 4 is 23.9 Å². The standard InChI is InChI=1S/C18H26O13/c1-7(19)25-5-11-14(27-8(2)20)13(23)18(31-11)26-6-12-15(28-9(3)21)16(17(24)30-12)29-10(4)22/h11-18,23-24H,5-6H2,1-4H3/t11-,12-,13+,14-,15-,16+,17+,18-/m1/s1. The van der Waals surface area contributed by atoms with Gasteiger partial charge in [-0.25, -0.2) is 0 Å². The zero-order chi connectivity index (χ0) is 23.3. The smallest absolute Gasteiger partial charge is 0.303 e. The van der Waals surface area contributed by atoms with Gasteiger partial charge in [-0.15, -0.1) is 0 Å². The third-order valence-electron chi connectivity index (χ3n) is 4.36. The molecule has 0 aromatic rings. The van der Waals surface area contributed by atoms with Crippen molar-refractivity contribution < 1.29 is 62.5 Å². The van der Waals surface area contributed by atoms with E-state index in [1.54, 1.807) is 0 Å². The van der Waals surface area contributed by atoms with Gasteiger partial charge < -0.3 is 43.4 Å². The largest absolute Gasteiger partial charge is 0.463 e. The van der Waals surface area contributed by atoms with E-state index in [9.17, 15) is 29.4 Å². The molecule has 2 aliphatic heterocycles. The number of carbonyl (C=O) groups excluding carboxylic acids is 4. The van der Waals surface area contributed by atoms with Crippen molar-refractivity contribution in [1.29, 1.82) is 0 Å². The van der Waals surface area contributed by atoms with Crippen LogP contribution in [0.3, 0.4) is 0 Å². The van der Waals surface area contributed by atoms with Crippen molar-refractivity contribution in [2.45, 2.75) is 76.9 Å². The second-order valence-corrected chi connectivity index (χ2v) is 6.96. The summed E-state index contributed by atoms with van der Waals surface area (Å²) in [5.41, 5.74) is 0. The fourth-order valence-electron chi connectivity index (χ4n) is 3.20. The maximum atomic E-state index is 11.4. The van der Waals surface area contributed by atoms with Crippen LogP contribution in [0.5, 0.6) is 0 Å². The molecule has 0 saturated carbocycles. The molecule has 31 heavy (non-hydrogen) atoms. The van der Waals surface area contributed by atoms with Gasteiger partial charge in [-0.1, -0.05) is 0 Å². The lowest BCUT2D eigenvalue weighted by atomic mass is 10.1. The van der Waals surface area contributed by atoms with Crippen molar-refractivity contribution in [3.63, 3.8) is 0 Å². The molecular formula is C18H26O13. The maximum absolute atomic E-state index is 11.4. The minimum absolute atomic E-state index is 0.298. The lowest BCUT2D eigenvalue weighted by molar-refractivity contribution is -0.201. The Hall–Kier alpha value is -2.32. The van der Waals surface area contributed by atoms with Crippen molar-refractivity contribution in [2.24, 2.45) is 0 Å². The van der Waals surface area contributed by atoms with Crippen molar-refractivity contribution in [1.82, 2.24) is 0 Å². The van der Waals surface area contributed by atoms with Crippen LogP contribution in [0.1, 0.15) is 27.7 Å². The Morgan fingerprint density at radius 1 is 0.710 bits per heavy atom. The number of aliphatic hydroxyl groups excluding tert-OH is 2. The second-order valence-electron chi connectivity index (χ2n) is 6.96. The Labute approximate surface area is 177 Å². The molecule has 2 aliphatic rings. The van der Waals surface area contributed by atoms with Crippen LogP contribution in [0.15, 0.2) is 0 Å². The molecule has 0 bridgehead atoms. The first kappa shape index (κ1) is 24.9. The topological polar surface area (TPSA) is 173 Å². The highest BCUT2D eigenvalue weighted by atomic mass is 16.7. The van der Waals surface area contributed by atoms with Gasteiger partial charge in [0, 0.05) is 27.7 Å². The zero-order valence-corrected chi connectivity index (χ0v) is 17.4. The zero-order valence-electron chi connectivity index (χ0n) is 17.4. The molecule has 0 aliphatic carbocycles. The summed E-state index contributed by atoms with van der Waals surface area (Å²) in [6, 6.07) is 0. The molecule has 2 heterocycles. The van der Waals surface area contributed by atoms with E-state index >= 15 is 0 Å². The summed E-state index contributed by atoms with van der Waals surface area (Å²) in [6.07, 6.45) is -10.0. The lowest BCUT2D eigenvalue weighted by Crippen LogP contribution is -2.42. The summed E-state index contributed by atoms with van der Waals surface area (Å²) < 4.78 is 36.2. The van der Waals surface area contributed by atoms with Gasteiger partial charge in [-0.2, -0.15) is 0 Å². The summed E-state index contributed by atoms with van der Waals surface area (Å²) in [4.78, 5) is 45.1. The number of hydrogen-bond acceptors (Lipinski definition) is 13. The summed E-state index contributed by atoms with van der Waals surface area (Å²) in [5.74, 6) is -2.72. The van der Waals surface area contributed by atoms with E-state index in [1.807, 2.05) is 0 Å². The molecule has 176 valence electrons. The SMILES string of the molecule is CC(=O)OC[C@H]1O[C@@H](OC[C@H]2O[C@H](O)[C@@H](OC(C)=O)[C@@H]2OC(C)=O)[C@@H](O)[C@@H]1OC(C)=O. The Morgan fingerprint density at radius 3 is 1.77 bits per heavy atom. The van der Waals surface area contributed by atoms with Crippen molar-refractivity contribution in [2.75, 3.05) is 13.2 Å². The summed E-state index contributed by atoms with van der Waals surface area (Å²) in [6.45, 7) is 3.90. The fourth-order valence-corrected chi connectivity index (χ4v) is 3.20. The average Bonchev–Trinajstić information content (AvgIpc) is 3.08. The average molecular weight is 450 g/mol. The van der Waals surface area contributed by atoms with Crippen molar-refractivity contribution in [3.8, 4) is 0 Å². The van der Waals surface area contributed by atoms with Crippen LogP contribution in [0.2, 0.25) is 0 Å². The van der Waals surface area contributed by atoms with Gasteiger partial charge in [0.25, 0.3) is 0 Å². The third kappa shape index (κ3) is 6.83. The first-order chi connectivity index (χ1) is 14.5. The number of aliphatic hydroxyl groups is 2. The fraction of sp³-hybridized carbons (Fsp3) is 0.778. The molecular weight excluding hydrogens is 424 g/mol. The summed E-state index contributed by atoms with van der Waals surface area (Å²) in [7, 11) is 0. The van der Waals surface area contributed by atoms with Crippen LogP contribution < -0.4 is 0 Å². The van der Waals surface area contributed by atoms with Crippen LogP contribution >= 0.6 is 0 Å². The van der Waals surface area contributed by atoms with E-state index in [2.05, 4.69) is 0 Å². The molecule has 2 saturated heterocycles. The number of rotatable bonds is 8. The molecule has 2 N–H and O–H groups in total. The first-order valence-electron chi connectivity index (χ1n) is 9.43. The number of hydrogen-bond donors (Lipinski definition) is 2. The molecule has 13 nitrogen and oxygen atoms in total. The van der Waals surface area contributed by atoms with Crippen LogP contribution in [0, 0.1) is 0 Å². The van der Waals surface area contributed by atoms with Gasteiger partial charge in [0.1, 0.15) is 24.9 Å². The number of ether oxygens (including phenoxy) is 7. The highest BCUT2D eigenvalue weighted by Gasteiger charge is 2.51. The summed E-state index contributed by atoms with van der Waals surface area (Å²) >= 11 is 0. The van der Waals surface area contributed by atoms with E-state index in [0.29, 0.717) is 0 Å².